The summed E-state index contributed by atoms with van der Waals surface area (Å²) in [7, 11) is 0. The van der Waals surface area contributed by atoms with Crippen molar-refractivity contribution in [2.75, 3.05) is 23.7 Å². The molecule has 7 heteroatoms. The van der Waals surface area contributed by atoms with Crippen LogP contribution >= 0.6 is 0 Å². The normalized spacial score (nSPS) is 15.3. The summed E-state index contributed by atoms with van der Waals surface area (Å²) in [4.78, 5) is 36.5. The molecule has 4 amide bonds. The van der Waals surface area contributed by atoms with E-state index in [1.165, 1.54) is 4.90 Å². The highest BCUT2D eigenvalue weighted by Gasteiger charge is 2.29. The molecule has 1 aromatic rings. The van der Waals surface area contributed by atoms with E-state index in [-0.39, 0.29) is 23.8 Å². The molecule has 1 atom stereocenters. The third kappa shape index (κ3) is 4.21. The molecule has 124 valence electrons. The van der Waals surface area contributed by atoms with Gasteiger partial charge in [0.2, 0.25) is 5.91 Å². The number of hydrogen-bond donors (Lipinski definition) is 3. The number of rotatable bonds is 5. The first-order valence-corrected chi connectivity index (χ1v) is 7.65. The van der Waals surface area contributed by atoms with Gasteiger partial charge in [0, 0.05) is 30.4 Å². The lowest BCUT2D eigenvalue weighted by Gasteiger charge is -2.20. The number of carbonyl (C=O) groups is 3. The number of anilines is 2. The van der Waals surface area contributed by atoms with Crippen molar-refractivity contribution in [1.82, 2.24) is 10.2 Å². The molecular weight excluding hydrogens is 296 g/mol. The Balaban J connectivity index is 1.93. The van der Waals surface area contributed by atoms with E-state index in [9.17, 15) is 14.4 Å². The van der Waals surface area contributed by atoms with Crippen LogP contribution in [-0.2, 0) is 9.59 Å². The molecule has 1 fully saturated rings. The van der Waals surface area contributed by atoms with Gasteiger partial charge in [-0.3, -0.25) is 14.5 Å². The number of amides is 4. The SMILES string of the molecule is CC(C)C(=O)Nc1ccc(NC(C)C(=O)N2CCNC2=O)cc1. The summed E-state index contributed by atoms with van der Waals surface area (Å²) >= 11 is 0. The minimum absolute atomic E-state index is 0.0469. The second-order valence-corrected chi connectivity index (χ2v) is 5.81. The van der Waals surface area contributed by atoms with Gasteiger partial charge in [-0.15, -0.1) is 0 Å². The van der Waals surface area contributed by atoms with Gasteiger partial charge in [0.25, 0.3) is 5.91 Å². The van der Waals surface area contributed by atoms with Crippen molar-refractivity contribution in [2.45, 2.75) is 26.8 Å². The topological polar surface area (TPSA) is 90.5 Å². The lowest BCUT2D eigenvalue weighted by molar-refractivity contribution is -0.128. The second-order valence-electron chi connectivity index (χ2n) is 5.81. The first-order chi connectivity index (χ1) is 10.9. The van der Waals surface area contributed by atoms with Crippen molar-refractivity contribution >= 4 is 29.2 Å². The Bertz CT molecular complexity index is 598. The monoisotopic (exact) mass is 318 g/mol. The zero-order chi connectivity index (χ0) is 17.0. The lowest BCUT2D eigenvalue weighted by atomic mass is 10.2. The van der Waals surface area contributed by atoms with Crippen LogP contribution in [0, 0.1) is 5.92 Å². The molecule has 0 aromatic heterocycles. The van der Waals surface area contributed by atoms with Crippen molar-refractivity contribution in [1.29, 1.82) is 0 Å². The Morgan fingerprint density at radius 2 is 1.74 bits per heavy atom. The second kappa shape index (κ2) is 7.13. The molecule has 7 nitrogen and oxygen atoms in total. The summed E-state index contributed by atoms with van der Waals surface area (Å²) in [6.07, 6.45) is 0. The van der Waals surface area contributed by atoms with E-state index in [0.29, 0.717) is 18.8 Å². The van der Waals surface area contributed by atoms with Crippen LogP contribution in [0.3, 0.4) is 0 Å². The fourth-order valence-corrected chi connectivity index (χ4v) is 2.16. The Morgan fingerprint density at radius 1 is 1.13 bits per heavy atom. The van der Waals surface area contributed by atoms with Gasteiger partial charge in [0.05, 0.1) is 0 Å². The van der Waals surface area contributed by atoms with E-state index in [1.807, 2.05) is 13.8 Å². The number of hydrogen-bond acceptors (Lipinski definition) is 4. The predicted octanol–water partition coefficient (Wildman–Crippen LogP) is 1.63. The number of carbonyl (C=O) groups excluding carboxylic acids is 3. The van der Waals surface area contributed by atoms with Gasteiger partial charge in [-0.25, -0.2) is 4.79 Å². The average Bonchev–Trinajstić information content (AvgIpc) is 2.94. The Morgan fingerprint density at radius 3 is 2.26 bits per heavy atom. The van der Waals surface area contributed by atoms with Gasteiger partial charge in [0.1, 0.15) is 6.04 Å². The van der Waals surface area contributed by atoms with E-state index >= 15 is 0 Å². The van der Waals surface area contributed by atoms with Crippen molar-refractivity contribution < 1.29 is 14.4 Å². The molecule has 0 bridgehead atoms. The van der Waals surface area contributed by atoms with Crippen molar-refractivity contribution in [3.05, 3.63) is 24.3 Å². The minimum Gasteiger partial charge on any atom is -0.374 e. The summed E-state index contributed by atoms with van der Waals surface area (Å²) in [6.45, 7) is 6.24. The van der Waals surface area contributed by atoms with Gasteiger partial charge >= 0.3 is 6.03 Å². The highest BCUT2D eigenvalue weighted by Crippen LogP contribution is 2.16. The fraction of sp³-hybridized carbons (Fsp3) is 0.438. The molecular formula is C16H22N4O3. The van der Waals surface area contributed by atoms with Crippen LogP contribution in [0.2, 0.25) is 0 Å². The molecule has 3 N–H and O–H groups in total. The first kappa shape index (κ1) is 16.8. The smallest absolute Gasteiger partial charge is 0.324 e. The van der Waals surface area contributed by atoms with Crippen LogP contribution in [0.4, 0.5) is 16.2 Å². The summed E-state index contributed by atoms with van der Waals surface area (Å²) in [5, 5.41) is 8.46. The summed E-state index contributed by atoms with van der Waals surface area (Å²) < 4.78 is 0. The van der Waals surface area contributed by atoms with E-state index < -0.39 is 6.04 Å². The van der Waals surface area contributed by atoms with Crippen LogP contribution in [0.5, 0.6) is 0 Å². The van der Waals surface area contributed by atoms with Crippen LogP contribution in [-0.4, -0.2) is 41.9 Å². The molecule has 0 spiro atoms. The van der Waals surface area contributed by atoms with Crippen LogP contribution < -0.4 is 16.0 Å². The van der Waals surface area contributed by atoms with Gasteiger partial charge in [-0.2, -0.15) is 0 Å². The molecule has 1 heterocycles. The molecule has 2 rings (SSSR count). The van der Waals surface area contributed by atoms with E-state index in [2.05, 4.69) is 16.0 Å². The third-order valence-electron chi connectivity index (χ3n) is 3.55. The quantitative estimate of drug-likeness (QED) is 0.769. The van der Waals surface area contributed by atoms with Crippen LogP contribution in [0.15, 0.2) is 24.3 Å². The Hall–Kier alpha value is -2.57. The molecule has 1 aromatic carbocycles. The average molecular weight is 318 g/mol. The number of imide groups is 1. The highest BCUT2D eigenvalue weighted by atomic mass is 16.2. The maximum absolute atomic E-state index is 12.2. The standard InChI is InChI=1S/C16H22N4O3/c1-10(2)14(21)19-13-6-4-12(5-7-13)18-11(3)15(22)20-9-8-17-16(20)23/h4-7,10-11,18H,8-9H2,1-3H3,(H,17,23)(H,19,21). The van der Waals surface area contributed by atoms with E-state index in [1.54, 1.807) is 31.2 Å². The molecule has 0 saturated carbocycles. The Kier molecular flexibility index (Phi) is 5.20. The molecule has 1 aliphatic rings. The summed E-state index contributed by atoms with van der Waals surface area (Å²) in [6, 6.07) is 6.23. The number of nitrogens with one attached hydrogen (secondary N) is 3. The lowest BCUT2D eigenvalue weighted by Crippen LogP contribution is -2.43. The number of urea groups is 1. The molecule has 23 heavy (non-hydrogen) atoms. The molecule has 0 aliphatic carbocycles. The Labute approximate surface area is 135 Å². The van der Waals surface area contributed by atoms with Crippen molar-refractivity contribution in [3.8, 4) is 0 Å². The van der Waals surface area contributed by atoms with E-state index in [4.69, 9.17) is 0 Å². The predicted molar refractivity (Wildman–Crippen MR) is 88.1 cm³/mol. The van der Waals surface area contributed by atoms with Gasteiger partial charge in [-0.1, -0.05) is 13.8 Å². The number of benzene rings is 1. The van der Waals surface area contributed by atoms with Crippen molar-refractivity contribution in [2.24, 2.45) is 5.92 Å². The van der Waals surface area contributed by atoms with Crippen LogP contribution in [0.1, 0.15) is 20.8 Å². The van der Waals surface area contributed by atoms with Crippen molar-refractivity contribution in [3.63, 3.8) is 0 Å². The summed E-state index contributed by atoms with van der Waals surface area (Å²) in [5.41, 5.74) is 1.44. The molecule has 1 saturated heterocycles. The van der Waals surface area contributed by atoms with Gasteiger partial charge < -0.3 is 16.0 Å². The van der Waals surface area contributed by atoms with Gasteiger partial charge in [0.15, 0.2) is 0 Å². The molecule has 1 aliphatic heterocycles. The summed E-state index contributed by atoms with van der Waals surface area (Å²) in [5.74, 6) is -0.399. The zero-order valence-corrected chi connectivity index (χ0v) is 13.6. The highest BCUT2D eigenvalue weighted by molar-refractivity contribution is 5.99. The molecule has 1 unspecified atom stereocenters. The minimum atomic E-state index is -0.519. The number of nitrogens with zero attached hydrogens (tertiary/aromatic N) is 1. The largest absolute Gasteiger partial charge is 0.374 e. The third-order valence-corrected chi connectivity index (χ3v) is 3.55. The first-order valence-electron chi connectivity index (χ1n) is 7.65. The van der Waals surface area contributed by atoms with Crippen LogP contribution in [0.25, 0.3) is 0 Å². The zero-order valence-electron chi connectivity index (χ0n) is 13.6. The maximum Gasteiger partial charge on any atom is 0.324 e. The molecule has 0 radical (unpaired) electrons. The fourth-order valence-electron chi connectivity index (χ4n) is 2.16. The maximum atomic E-state index is 12.2. The van der Waals surface area contributed by atoms with Gasteiger partial charge in [-0.05, 0) is 31.2 Å². The van der Waals surface area contributed by atoms with E-state index in [0.717, 1.165) is 5.69 Å².